The Labute approximate surface area is 188 Å². The molecule has 0 aliphatic heterocycles. The van der Waals surface area contributed by atoms with Crippen LogP contribution in [0.2, 0.25) is 0 Å². The predicted octanol–water partition coefficient (Wildman–Crippen LogP) is 5.59. The molecule has 0 unspecified atom stereocenters. The van der Waals surface area contributed by atoms with Crippen molar-refractivity contribution in [2.75, 3.05) is 7.11 Å². The van der Waals surface area contributed by atoms with E-state index in [9.17, 15) is 4.79 Å². The lowest BCUT2D eigenvalue weighted by atomic mass is 9.89. The van der Waals surface area contributed by atoms with E-state index in [4.69, 9.17) is 4.74 Å². The fourth-order valence-electron chi connectivity index (χ4n) is 3.44. The van der Waals surface area contributed by atoms with Crippen LogP contribution in [-0.4, -0.2) is 38.4 Å². The Morgan fingerprint density at radius 2 is 1.77 bits per heavy atom. The van der Waals surface area contributed by atoms with E-state index < -0.39 is 0 Å². The van der Waals surface area contributed by atoms with Crippen LogP contribution in [0.4, 0.5) is 0 Å². The second-order valence-electron chi connectivity index (χ2n) is 8.33. The van der Waals surface area contributed by atoms with Crippen LogP contribution in [0.25, 0.3) is 5.69 Å². The summed E-state index contributed by atoms with van der Waals surface area (Å²) in [6.45, 7) is 12.5. The second-order valence-corrected chi connectivity index (χ2v) is 9.64. The van der Waals surface area contributed by atoms with Crippen molar-refractivity contribution in [3.05, 3.63) is 58.7 Å². The Hall–Kier alpha value is -2.67. The molecule has 1 aromatic heterocycles. The van der Waals surface area contributed by atoms with Crippen LogP contribution < -0.4 is 4.74 Å². The van der Waals surface area contributed by atoms with Gasteiger partial charge in [-0.1, -0.05) is 63.7 Å². The summed E-state index contributed by atoms with van der Waals surface area (Å²) < 4.78 is 7.11. The van der Waals surface area contributed by atoms with Gasteiger partial charge in [-0.2, -0.15) is 4.68 Å². The van der Waals surface area contributed by atoms with E-state index in [1.54, 1.807) is 11.8 Å². The molecular formula is C24H30N4O2S. The quantitative estimate of drug-likeness (QED) is 0.337. The smallest absolute Gasteiger partial charge is 0.214 e. The number of methoxy groups -OCH3 is 1. The highest BCUT2D eigenvalue weighted by Crippen LogP contribution is 2.32. The summed E-state index contributed by atoms with van der Waals surface area (Å²) in [5.41, 5.74) is 4.92. The first-order valence-corrected chi connectivity index (χ1v) is 11.4. The summed E-state index contributed by atoms with van der Waals surface area (Å²) >= 11 is 1.35. The maximum atomic E-state index is 13.4. The molecule has 1 atom stereocenters. The number of ketones is 1. The number of hydrogen-bond acceptors (Lipinski definition) is 6. The third kappa shape index (κ3) is 4.98. The summed E-state index contributed by atoms with van der Waals surface area (Å²) in [5, 5.41) is 12.4. The fourth-order valence-corrected chi connectivity index (χ4v) is 4.31. The number of thioether (sulfide) groups is 1. The molecule has 31 heavy (non-hydrogen) atoms. The van der Waals surface area contributed by atoms with Crippen molar-refractivity contribution >= 4 is 17.5 Å². The van der Waals surface area contributed by atoms with Gasteiger partial charge in [0.05, 0.1) is 12.4 Å². The minimum Gasteiger partial charge on any atom is -0.494 e. The number of hydrogen-bond donors (Lipinski definition) is 0. The number of aryl methyl sites for hydroxylation is 1. The summed E-state index contributed by atoms with van der Waals surface area (Å²) in [5.74, 6) is 1.43. The van der Waals surface area contributed by atoms with Crippen LogP contribution in [0.3, 0.4) is 0 Å². The SMILES string of the molecule is COc1ccc(C)cc1-n1nnnc1S[C@@H](C)C(=O)c1ccc(C(C)C)cc1C(C)C. The van der Waals surface area contributed by atoms with E-state index in [0.29, 0.717) is 16.8 Å². The predicted molar refractivity (Wildman–Crippen MR) is 125 cm³/mol. The molecular weight excluding hydrogens is 408 g/mol. The van der Waals surface area contributed by atoms with E-state index in [0.717, 1.165) is 22.4 Å². The zero-order valence-corrected chi connectivity index (χ0v) is 20.0. The lowest BCUT2D eigenvalue weighted by molar-refractivity contribution is 0.0992. The van der Waals surface area contributed by atoms with Gasteiger partial charge in [0, 0.05) is 5.56 Å². The van der Waals surface area contributed by atoms with Gasteiger partial charge in [-0.25, -0.2) is 0 Å². The standard InChI is InChI=1S/C24H30N4O2S/c1-14(2)18-9-10-19(20(13-18)15(3)4)23(29)17(6)31-24-25-26-27-28(24)21-12-16(5)8-11-22(21)30-7/h8-15,17H,1-7H3/t17-/m0/s1. The van der Waals surface area contributed by atoms with Gasteiger partial charge >= 0.3 is 0 Å². The van der Waals surface area contributed by atoms with Gasteiger partial charge in [0.2, 0.25) is 5.16 Å². The number of ether oxygens (including phenoxy) is 1. The molecule has 0 bridgehead atoms. The van der Waals surface area contributed by atoms with Crippen LogP contribution in [0.1, 0.15) is 73.5 Å². The largest absolute Gasteiger partial charge is 0.494 e. The number of aromatic nitrogens is 4. The number of carbonyl (C=O) groups is 1. The molecule has 3 rings (SSSR count). The lowest BCUT2D eigenvalue weighted by Gasteiger charge is -2.18. The van der Waals surface area contributed by atoms with Crippen molar-refractivity contribution in [3.63, 3.8) is 0 Å². The summed E-state index contributed by atoms with van der Waals surface area (Å²) in [6, 6.07) is 12.0. The molecule has 164 valence electrons. The van der Waals surface area contributed by atoms with Crippen molar-refractivity contribution < 1.29 is 9.53 Å². The second kappa shape index (κ2) is 9.64. The highest BCUT2D eigenvalue weighted by Gasteiger charge is 2.24. The van der Waals surface area contributed by atoms with Gasteiger partial charge in [-0.15, -0.1) is 5.10 Å². The molecule has 0 radical (unpaired) electrons. The highest BCUT2D eigenvalue weighted by atomic mass is 32.2. The molecule has 0 spiro atoms. The van der Waals surface area contributed by atoms with Gasteiger partial charge < -0.3 is 4.74 Å². The van der Waals surface area contributed by atoms with Crippen LogP contribution in [0.5, 0.6) is 5.75 Å². The third-order valence-electron chi connectivity index (χ3n) is 5.28. The van der Waals surface area contributed by atoms with Gasteiger partial charge in [-0.05, 0) is 64.9 Å². The molecule has 0 saturated heterocycles. The van der Waals surface area contributed by atoms with E-state index in [1.165, 1.54) is 17.3 Å². The Morgan fingerprint density at radius 1 is 1.03 bits per heavy atom. The van der Waals surface area contributed by atoms with Crippen molar-refractivity contribution in [2.45, 2.75) is 63.8 Å². The Balaban J connectivity index is 1.91. The minimum atomic E-state index is -0.344. The molecule has 1 heterocycles. The normalized spacial score (nSPS) is 12.4. The summed E-state index contributed by atoms with van der Waals surface area (Å²) in [6.07, 6.45) is 0. The van der Waals surface area contributed by atoms with Crippen molar-refractivity contribution in [1.82, 2.24) is 20.2 Å². The van der Waals surface area contributed by atoms with Crippen LogP contribution in [0, 0.1) is 6.92 Å². The maximum absolute atomic E-state index is 13.4. The van der Waals surface area contributed by atoms with Gasteiger partial charge in [0.25, 0.3) is 0 Å². The van der Waals surface area contributed by atoms with E-state index >= 15 is 0 Å². The first kappa shape index (κ1) is 23.0. The number of carbonyl (C=O) groups excluding carboxylic acids is 1. The molecule has 3 aromatic rings. The Kier molecular flexibility index (Phi) is 7.15. The molecule has 0 N–H and O–H groups in total. The number of rotatable bonds is 8. The molecule has 0 fully saturated rings. The average molecular weight is 439 g/mol. The van der Waals surface area contributed by atoms with Crippen LogP contribution >= 0.6 is 11.8 Å². The van der Waals surface area contributed by atoms with E-state index in [1.807, 2.05) is 38.1 Å². The number of tetrazole rings is 1. The number of nitrogens with zero attached hydrogens (tertiary/aromatic N) is 4. The average Bonchev–Trinajstić information content (AvgIpc) is 3.20. The van der Waals surface area contributed by atoms with Crippen molar-refractivity contribution in [1.29, 1.82) is 0 Å². The van der Waals surface area contributed by atoms with Crippen LogP contribution in [-0.2, 0) is 0 Å². The molecule has 2 aromatic carbocycles. The molecule has 0 saturated carbocycles. The summed E-state index contributed by atoms with van der Waals surface area (Å²) in [4.78, 5) is 13.4. The molecule has 0 aliphatic rings. The Bertz CT molecular complexity index is 1080. The van der Waals surface area contributed by atoms with Crippen LogP contribution in [0.15, 0.2) is 41.6 Å². The minimum absolute atomic E-state index is 0.0785. The van der Waals surface area contributed by atoms with Crippen molar-refractivity contribution in [3.8, 4) is 11.4 Å². The van der Waals surface area contributed by atoms with E-state index in [-0.39, 0.29) is 17.0 Å². The molecule has 0 aliphatic carbocycles. The van der Waals surface area contributed by atoms with Crippen molar-refractivity contribution in [2.24, 2.45) is 0 Å². The van der Waals surface area contributed by atoms with Gasteiger partial charge in [0.1, 0.15) is 11.4 Å². The maximum Gasteiger partial charge on any atom is 0.214 e. The van der Waals surface area contributed by atoms with E-state index in [2.05, 4.69) is 55.4 Å². The third-order valence-corrected chi connectivity index (χ3v) is 6.32. The Morgan fingerprint density at radius 3 is 2.42 bits per heavy atom. The zero-order chi connectivity index (χ0) is 22.7. The summed E-state index contributed by atoms with van der Waals surface area (Å²) in [7, 11) is 1.62. The zero-order valence-electron chi connectivity index (χ0n) is 19.2. The molecule has 0 amide bonds. The lowest BCUT2D eigenvalue weighted by Crippen LogP contribution is -2.17. The first-order chi connectivity index (χ1) is 14.7. The molecule has 6 nitrogen and oxygen atoms in total. The monoisotopic (exact) mass is 438 g/mol. The van der Waals surface area contributed by atoms with Gasteiger partial charge in [-0.3, -0.25) is 4.79 Å². The highest BCUT2D eigenvalue weighted by molar-refractivity contribution is 8.00. The number of benzene rings is 2. The topological polar surface area (TPSA) is 69.9 Å². The molecule has 7 heteroatoms. The number of Topliss-reactive ketones (excluding diaryl/α,β-unsaturated/α-hetero) is 1. The fraction of sp³-hybridized carbons (Fsp3) is 0.417. The van der Waals surface area contributed by atoms with Gasteiger partial charge in [0.15, 0.2) is 5.78 Å². The first-order valence-electron chi connectivity index (χ1n) is 10.5.